The van der Waals surface area contributed by atoms with Gasteiger partial charge in [0.1, 0.15) is 5.60 Å². The van der Waals surface area contributed by atoms with Crippen molar-refractivity contribution >= 4 is 5.97 Å². The summed E-state index contributed by atoms with van der Waals surface area (Å²) in [5, 5.41) is 0. The fraction of sp³-hybridized carbons (Fsp3) is 0.800. The maximum absolute atomic E-state index is 12.2. The summed E-state index contributed by atoms with van der Waals surface area (Å²) in [5.74, 6) is 0.197. The molecule has 17 heavy (non-hydrogen) atoms. The van der Waals surface area contributed by atoms with Crippen LogP contribution >= 0.6 is 0 Å². The minimum Gasteiger partial charge on any atom is -0.457 e. The number of ether oxygens (including phenoxy) is 1. The van der Waals surface area contributed by atoms with E-state index in [1.165, 1.54) is 6.42 Å². The highest BCUT2D eigenvalue weighted by molar-refractivity contribution is 5.89. The summed E-state index contributed by atoms with van der Waals surface area (Å²) < 4.78 is 5.50. The molecule has 0 aromatic heterocycles. The lowest BCUT2D eigenvalue weighted by Gasteiger charge is -2.35. The summed E-state index contributed by atoms with van der Waals surface area (Å²) in [7, 11) is 0. The largest absolute Gasteiger partial charge is 0.457 e. The first-order valence-corrected chi connectivity index (χ1v) is 6.54. The van der Waals surface area contributed by atoms with E-state index < -0.39 is 5.60 Å². The minimum absolute atomic E-state index is 0.128. The van der Waals surface area contributed by atoms with E-state index in [4.69, 9.17) is 4.74 Å². The van der Waals surface area contributed by atoms with Gasteiger partial charge in [-0.2, -0.15) is 0 Å². The van der Waals surface area contributed by atoms with Crippen LogP contribution < -0.4 is 0 Å². The standard InChI is InChI=1S/C15H26O2/c1-14(2,3)12-10-8-7-9-11(12)13(16)17-15(4,5)6/h9,12H,7-8,10H2,1-6H3. The fourth-order valence-corrected chi connectivity index (χ4v) is 2.34. The molecule has 0 aliphatic heterocycles. The summed E-state index contributed by atoms with van der Waals surface area (Å²) in [5.41, 5.74) is 0.611. The minimum atomic E-state index is -0.405. The maximum Gasteiger partial charge on any atom is 0.334 e. The molecule has 0 bridgehead atoms. The predicted molar refractivity (Wildman–Crippen MR) is 70.7 cm³/mol. The third kappa shape index (κ3) is 4.18. The molecule has 1 atom stereocenters. The second-order valence-corrected chi connectivity index (χ2v) is 7.01. The van der Waals surface area contributed by atoms with Crippen molar-refractivity contribution in [1.82, 2.24) is 0 Å². The molecule has 0 aromatic rings. The lowest BCUT2D eigenvalue weighted by molar-refractivity contribution is -0.151. The van der Waals surface area contributed by atoms with Gasteiger partial charge in [0.2, 0.25) is 0 Å². The van der Waals surface area contributed by atoms with Crippen molar-refractivity contribution in [2.24, 2.45) is 11.3 Å². The Kier molecular flexibility index (Phi) is 4.06. The van der Waals surface area contributed by atoms with Gasteiger partial charge >= 0.3 is 5.97 Å². The first kappa shape index (κ1) is 14.3. The number of carbonyl (C=O) groups excluding carboxylic acids is 1. The zero-order valence-corrected chi connectivity index (χ0v) is 12.1. The molecule has 2 heteroatoms. The average Bonchev–Trinajstić information content (AvgIpc) is 2.13. The zero-order valence-electron chi connectivity index (χ0n) is 12.1. The van der Waals surface area contributed by atoms with E-state index in [9.17, 15) is 4.79 Å². The van der Waals surface area contributed by atoms with Gasteiger partial charge in [-0.05, 0) is 51.4 Å². The molecule has 1 aliphatic carbocycles. The Morgan fingerprint density at radius 2 is 1.82 bits per heavy atom. The monoisotopic (exact) mass is 238 g/mol. The van der Waals surface area contributed by atoms with E-state index in [-0.39, 0.29) is 11.4 Å². The molecule has 98 valence electrons. The van der Waals surface area contributed by atoms with Gasteiger partial charge in [-0.15, -0.1) is 0 Å². The zero-order chi connectivity index (χ0) is 13.3. The number of rotatable bonds is 1. The molecule has 2 nitrogen and oxygen atoms in total. The summed E-state index contributed by atoms with van der Waals surface area (Å²) in [4.78, 5) is 12.2. The smallest absolute Gasteiger partial charge is 0.334 e. The topological polar surface area (TPSA) is 26.3 Å². The van der Waals surface area contributed by atoms with Crippen molar-refractivity contribution in [2.75, 3.05) is 0 Å². The predicted octanol–water partition coefficient (Wildman–Crippen LogP) is 4.10. The maximum atomic E-state index is 12.2. The Labute approximate surface area is 105 Å². The Balaban J connectivity index is 2.86. The molecule has 0 amide bonds. The highest BCUT2D eigenvalue weighted by Gasteiger charge is 2.34. The summed E-state index contributed by atoms with van der Waals surface area (Å²) in [6, 6.07) is 0. The van der Waals surface area contributed by atoms with Crippen LogP contribution in [0.3, 0.4) is 0 Å². The van der Waals surface area contributed by atoms with E-state index in [0.717, 1.165) is 18.4 Å². The molecule has 0 saturated heterocycles. The molecule has 0 N–H and O–H groups in total. The molecule has 0 aromatic carbocycles. The highest BCUT2D eigenvalue weighted by atomic mass is 16.6. The molecule has 0 heterocycles. The van der Waals surface area contributed by atoms with Crippen molar-refractivity contribution in [2.45, 2.75) is 66.4 Å². The van der Waals surface area contributed by atoms with E-state index in [2.05, 4.69) is 26.8 Å². The van der Waals surface area contributed by atoms with Crippen LogP contribution in [0.15, 0.2) is 11.6 Å². The van der Waals surface area contributed by atoms with Crippen LogP contribution in [0.25, 0.3) is 0 Å². The van der Waals surface area contributed by atoms with E-state index in [1.54, 1.807) is 0 Å². The van der Waals surface area contributed by atoms with Gasteiger partial charge in [0.25, 0.3) is 0 Å². The van der Waals surface area contributed by atoms with Crippen LogP contribution in [-0.2, 0) is 9.53 Å². The second-order valence-electron chi connectivity index (χ2n) is 7.01. The molecule has 1 aliphatic rings. The molecular weight excluding hydrogens is 212 g/mol. The Morgan fingerprint density at radius 3 is 2.29 bits per heavy atom. The van der Waals surface area contributed by atoms with Crippen molar-refractivity contribution in [3.63, 3.8) is 0 Å². The van der Waals surface area contributed by atoms with Crippen LogP contribution in [0.1, 0.15) is 60.8 Å². The van der Waals surface area contributed by atoms with E-state index in [0.29, 0.717) is 5.92 Å². The van der Waals surface area contributed by atoms with Gasteiger partial charge in [0.05, 0.1) is 0 Å². The molecular formula is C15H26O2. The van der Waals surface area contributed by atoms with Crippen molar-refractivity contribution < 1.29 is 9.53 Å². The van der Waals surface area contributed by atoms with Crippen molar-refractivity contribution in [3.8, 4) is 0 Å². The SMILES string of the molecule is CC(C)(C)OC(=O)C1=CCCCC1C(C)(C)C. The normalized spacial score (nSPS) is 22.0. The number of carbonyl (C=O) groups is 1. The molecule has 1 unspecified atom stereocenters. The lowest BCUT2D eigenvalue weighted by Crippen LogP contribution is -2.32. The van der Waals surface area contributed by atoms with E-state index >= 15 is 0 Å². The van der Waals surface area contributed by atoms with Gasteiger partial charge in [0.15, 0.2) is 0 Å². The summed E-state index contributed by atoms with van der Waals surface area (Å²) >= 11 is 0. The number of allylic oxidation sites excluding steroid dienone is 1. The van der Waals surface area contributed by atoms with E-state index in [1.807, 2.05) is 20.8 Å². The number of esters is 1. The fourth-order valence-electron chi connectivity index (χ4n) is 2.34. The first-order chi connectivity index (χ1) is 7.61. The highest BCUT2D eigenvalue weighted by Crippen LogP contribution is 2.39. The summed E-state index contributed by atoms with van der Waals surface area (Å²) in [6.45, 7) is 12.3. The first-order valence-electron chi connectivity index (χ1n) is 6.54. The van der Waals surface area contributed by atoms with Gasteiger partial charge < -0.3 is 4.74 Å². The van der Waals surface area contributed by atoms with Gasteiger partial charge in [0, 0.05) is 5.57 Å². The summed E-state index contributed by atoms with van der Waals surface area (Å²) in [6.07, 6.45) is 5.34. The second kappa shape index (κ2) is 4.83. The Hall–Kier alpha value is -0.790. The quantitative estimate of drug-likeness (QED) is 0.643. The molecule has 0 radical (unpaired) electrons. The van der Waals surface area contributed by atoms with Crippen molar-refractivity contribution in [1.29, 1.82) is 0 Å². The van der Waals surface area contributed by atoms with Crippen LogP contribution in [0.4, 0.5) is 0 Å². The molecule has 0 spiro atoms. The number of hydrogen-bond acceptors (Lipinski definition) is 2. The van der Waals surface area contributed by atoms with Crippen molar-refractivity contribution in [3.05, 3.63) is 11.6 Å². The van der Waals surface area contributed by atoms with Crippen LogP contribution in [0.5, 0.6) is 0 Å². The Bertz CT molecular complexity index is 313. The Morgan fingerprint density at radius 1 is 1.24 bits per heavy atom. The molecule has 1 rings (SSSR count). The molecule has 0 fully saturated rings. The third-order valence-electron chi connectivity index (χ3n) is 3.12. The van der Waals surface area contributed by atoms with Gasteiger partial charge in [-0.3, -0.25) is 0 Å². The van der Waals surface area contributed by atoms with Crippen LogP contribution in [0, 0.1) is 11.3 Å². The lowest BCUT2D eigenvalue weighted by atomic mass is 9.71. The van der Waals surface area contributed by atoms with Crippen LogP contribution in [-0.4, -0.2) is 11.6 Å². The van der Waals surface area contributed by atoms with Gasteiger partial charge in [-0.1, -0.05) is 26.8 Å². The average molecular weight is 238 g/mol. The third-order valence-corrected chi connectivity index (χ3v) is 3.12. The van der Waals surface area contributed by atoms with Crippen LogP contribution in [0.2, 0.25) is 0 Å². The number of hydrogen-bond donors (Lipinski definition) is 0. The molecule has 0 saturated carbocycles. The van der Waals surface area contributed by atoms with Gasteiger partial charge in [-0.25, -0.2) is 4.79 Å².